The van der Waals surface area contributed by atoms with E-state index in [1.807, 2.05) is 11.0 Å². The van der Waals surface area contributed by atoms with Crippen LogP contribution in [0.2, 0.25) is 0 Å². The Hall–Kier alpha value is -1.54. The maximum Gasteiger partial charge on any atom is 0.233 e. The van der Waals surface area contributed by atoms with Gasteiger partial charge < -0.3 is 9.47 Å². The summed E-state index contributed by atoms with van der Waals surface area (Å²) in [7, 11) is -3.03. The lowest BCUT2D eigenvalue weighted by atomic mass is 9.95. The first kappa shape index (κ1) is 22.3. The van der Waals surface area contributed by atoms with E-state index in [1.54, 1.807) is 0 Å². The van der Waals surface area contributed by atoms with Crippen LogP contribution in [-0.4, -0.2) is 58.1 Å². The van der Waals surface area contributed by atoms with Crippen molar-refractivity contribution >= 4 is 38.5 Å². The molecule has 3 aliphatic rings. The fourth-order valence-electron chi connectivity index (χ4n) is 5.90. The minimum absolute atomic E-state index is 0.0752. The molecule has 1 amide bonds. The van der Waals surface area contributed by atoms with E-state index in [9.17, 15) is 13.2 Å². The summed E-state index contributed by atoms with van der Waals surface area (Å²) in [6.07, 6.45) is 10.9. The van der Waals surface area contributed by atoms with Gasteiger partial charge in [-0.15, -0.1) is 0 Å². The molecule has 2 aromatic rings. The van der Waals surface area contributed by atoms with Crippen LogP contribution in [0.4, 0.5) is 0 Å². The number of amides is 1. The molecule has 2 aliphatic carbocycles. The van der Waals surface area contributed by atoms with Gasteiger partial charge in [0.25, 0.3) is 0 Å². The second kappa shape index (κ2) is 9.37. The predicted molar refractivity (Wildman–Crippen MR) is 129 cm³/mol. The molecule has 1 unspecified atom stereocenters. The van der Waals surface area contributed by atoms with E-state index < -0.39 is 9.84 Å². The Labute approximate surface area is 195 Å². The Balaban J connectivity index is 1.37. The highest BCUT2D eigenvalue weighted by atomic mass is 32.2. The number of hydrogen-bond acceptors (Lipinski definition) is 5. The number of thioether (sulfide) groups is 1. The third-order valence-corrected chi connectivity index (χ3v) is 10.1. The van der Waals surface area contributed by atoms with Crippen LogP contribution in [0.5, 0.6) is 0 Å². The van der Waals surface area contributed by atoms with Crippen LogP contribution in [-0.2, 0) is 14.6 Å². The fraction of sp³-hybridized carbons (Fsp3) is 0.667. The largest absolute Gasteiger partial charge is 0.335 e. The SMILES string of the molecule is O=C(CSc1nc2ccccc2n1C1CCCCC1)N(C1CCCC1)C1CCS(=O)(=O)C1. The molecule has 0 spiro atoms. The number of carbonyl (C=O) groups is 1. The number of benzene rings is 1. The van der Waals surface area contributed by atoms with Gasteiger partial charge in [-0.2, -0.15) is 0 Å². The summed E-state index contributed by atoms with van der Waals surface area (Å²) in [5, 5.41) is 0.928. The molecule has 0 N–H and O–H groups in total. The number of carbonyl (C=O) groups excluding carboxylic acids is 1. The van der Waals surface area contributed by atoms with Gasteiger partial charge in [0.1, 0.15) is 0 Å². The zero-order valence-electron chi connectivity index (χ0n) is 18.6. The molecule has 3 fully saturated rings. The molecule has 2 saturated carbocycles. The molecule has 0 bridgehead atoms. The highest BCUT2D eigenvalue weighted by Gasteiger charge is 2.39. The first-order chi connectivity index (χ1) is 15.5. The van der Waals surface area contributed by atoms with Crippen LogP contribution >= 0.6 is 11.8 Å². The van der Waals surface area contributed by atoms with Crippen LogP contribution in [0.25, 0.3) is 11.0 Å². The Morgan fingerprint density at radius 3 is 2.44 bits per heavy atom. The van der Waals surface area contributed by atoms with Crippen LogP contribution in [0, 0.1) is 0 Å². The van der Waals surface area contributed by atoms with Gasteiger partial charge >= 0.3 is 0 Å². The molecule has 1 aliphatic heterocycles. The number of para-hydroxylation sites is 2. The molecule has 8 heteroatoms. The van der Waals surface area contributed by atoms with Crippen LogP contribution < -0.4 is 0 Å². The number of nitrogens with zero attached hydrogens (tertiary/aromatic N) is 3. The van der Waals surface area contributed by atoms with Crippen LogP contribution in [0.3, 0.4) is 0 Å². The lowest BCUT2D eigenvalue weighted by Crippen LogP contribution is -2.47. The Kier molecular flexibility index (Phi) is 6.52. The summed E-state index contributed by atoms with van der Waals surface area (Å²) in [4.78, 5) is 20.3. The zero-order chi connectivity index (χ0) is 22.1. The molecule has 1 atom stereocenters. The Bertz CT molecular complexity index is 1070. The molecule has 5 rings (SSSR count). The van der Waals surface area contributed by atoms with Gasteiger partial charge in [0, 0.05) is 18.1 Å². The number of aromatic nitrogens is 2. The van der Waals surface area contributed by atoms with Gasteiger partial charge in [0.15, 0.2) is 15.0 Å². The van der Waals surface area contributed by atoms with Crippen molar-refractivity contribution < 1.29 is 13.2 Å². The number of fused-ring (bicyclic) bond motifs is 1. The monoisotopic (exact) mass is 475 g/mol. The van der Waals surface area contributed by atoms with Gasteiger partial charge in [-0.05, 0) is 44.2 Å². The lowest BCUT2D eigenvalue weighted by Gasteiger charge is -2.34. The summed E-state index contributed by atoms with van der Waals surface area (Å²) in [6.45, 7) is 0. The summed E-state index contributed by atoms with van der Waals surface area (Å²) >= 11 is 1.53. The molecule has 32 heavy (non-hydrogen) atoms. The summed E-state index contributed by atoms with van der Waals surface area (Å²) < 4.78 is 26.6. The van der Waals surface area contributed by atoms with Crippen LogP contribution in [0.15, 0.2) is 29.4 Å². The van der Waals surface area contributed by atoms with Gasteiger partial charge in [-0.25, -0.2) is 13.4 Å². The summed E-state index contributed by atoms with van der Waals surface area (Å²) in [5.41, 5.74) is 2.14. The average Bonchev–Trinajstić information content (AvgIpc) is 3.52. The van der Waals surface area contributed by atoms with Crippen molar-refractivity contribution in [3.63, 3.8) is 0 Å². The quantitative estimate of drug-likeness (QED) is 0.571. The van der Waals surface area contributed by atoms with Crippen molar-refractivity contribution in [1.82, 2.24) is 14.5 Å². The molecule has 6 nitrogen and oxygen atoms in total. The highest BCUT2D eigenvalue weighted by molar-refractivity contribution is 7.99. The molecule has 1 saturated heterocycles. The maximum absolute atomic E-state index is 13.5. The van der Waals surface area contributed by atoms with Crippen molar-refractivity contribution in [2.45, 2.75) is 87.5 Å². The molecule has 174 valence electrons. The summed E-state index contributed by atoms with van der Waals surface area (Å²) in [6, 6.07) is 8.74. The second-order valence-electron chi connectivity index (χ2n) is 9.63. The predicted octanol–water partition coefficient (Wildman–Crippen LogP) is 4.59. The molecule has 1 aromatic heterocycles. The van der Waals surface area contributed by atoms with E-state index in [2.05, 4.69) is 22.8 Å². The van der Waals surface area contributed by atoms with Crippen molar-refractivity contribution in [2.24, 2.45) is 0 Å². The van der Waals surface area contributed by atoms with Gasteiger partial charge in [-0.3, -0.25) is 4.79 Å². The minimum Gasteiger partial charge on any atom is -0.335 e. The fourth-order valence-corrected chi connectivity index (χ4v) is 8.56. The molecule has 0 radical (unpaired) electrons. The molecular weight excluding hydrogens is 442 g/mol. The van der Waals surface area contributed by atoms with Crippen LogP contribution in [0.1, 0.15) is 70.3 Å². The zero-order valence-corrected chi connectivity index (χ0v) is 20.2. The van der Waals surface area contributed by atoms with E-state index in [-0.39, 0.29) is 29.5 Å². The van der Waals surface area contributed by atoms with Crippen molar-refractivity contribution in [3.05, 3.63) is 24.3 Å². The van der Waals surface area contributed by atoms with E-state index in [0.717, 1.165) is 54.7 Å². The second-order valence-corrected chi connectivity index (χ2v) is 12.8. The van der Waals surface area contributed by atoms with E-state index in [0.29, 0.717) is 18.2 Å². The van der Waals surface area contributed by atoms with Crippen molar-refractivity contribution in [1.29, 1.82) is 0 Å². The smallest absolute Gasteiger partial charge is 0.233 e. The molecule has 2 heterocycles. The molecule has 1 aromatic carbocycles. The first-order valence-corrected chi connectivity index (χ1v) is 14.9. The number of rotatable bonds is 6. The normalized spacial score (nSPS) is 24.3. The van der Waals surface area contributed by atoms with E-state index in [4.69, 9.17) is 4.98 Å². The standard InChI is InChI=1S/C24H33N3O3S2/c28-23(26(18-10-4-5-11-18)20-14-15-32(29,30)17-20)16-31-24-25-21-12-6-7-13-22(21)27(24)19-8-2-1-3-9-19/h6-7,12-13,18-20H,1-5,8-11,14-17H2. The van der Waals surface area contributed by atoms with Gasteiger partial charge in [0.2, 0.25) is 5.91 Å². The Morgan fingerprint density at radius 1 is 1.00 bits per heavy atom. The average molecular weight is 476 g/mol. The van der Waals surface area contributed by atoms with E-state index in [1.165, 1.54) is 31.0 Å². The van der Waals surface area contributed by atoms with E-state index >= 15 is 0 Å². The minimum atomic E-state index is -3.03. The number of hydrogen-bond donors (Lipinski definition) is 0. The van der Waals surface area contributed by atoms with Crippen molar-refractivity contribution in [3.8, 4) is 0 Å². The number of imidazole rings is 1. The third-order valence-electron chi connectivity index (χ3n) is 7.44. The molecular formula is C24H33N3O3S2. The van der Waals surface area contributed by atoms with Gasteiger partial charge in [0.05, 0.1) is 28.3 Å². The highest BCUT2D eigenvalue weighted by Crippen LogP contribution is 2.36. The first-order valence-electron chi connectivity index (χ1n) is 12.1. The third kappa shape index (κ3) is 4.58. The van der Waals surface area contributed by atoms with Gasteiger partial charge in [-0.1, -0.05) is 56.0 Å². The summed E-state index contributed by atoms with van der Waals surface area (Å²) in [5.74, 6) is 0.730. The number of sulfone groups is 1. The topological polar surface area (TPSA) is 72.3 Å². The lowest BCUT2D eigenvalue weighted by molar-refractivity contribution is -0.132. The maximum atomic E-state index is 13.5. The van der Waals surface area contributed by atoms with Crippen molar-refractivity contribution in [2.75, 3.05) is 17.3 Å². The Morgan fingerprint density at radius 2 is 1.72 bits per heavy atom.